The molecular formula is C14H16ClO4P. The predicted octanol–water partition coefficient (Wildman–Crippen LogP) is 4.51. The minimum Gasteiger partial charge on any atom is -0.403 e. The van der Waals surface area contributed by atoms with E-state index in [1.807, 2.05) is 0 Å². The summed E-state index contributed by atoms with van der Waals surface area (Å²) >= 11 is 5.82. The second-order valence-corrected chi connectivity index (χ2v) is 5.59. The first-order chi connectivity index (χ1) is 9.54. The van der Waals surface area contributed by atoms with Gasteiger partial charge in [-0.1, -0.05) is 17.5 Å². The molecule has 0 N–H and O–H groups in total. The van der Waals surface area contributed by atoms with E-state index in [1.165, 1.54) is 6.08 Å². The number of allylic oxidation sites excluding steroid dienone is 1. The van der Waals surface area contributed by atoms with Crippen molar-refractivity contribution in [2.45, 2.75) is 13.8 Å². The molecule has 0 aliphatic carbocycles. The second kappa shape index (κ2) is 8.14. The van der Waals surface area contributed by atoms with Gasteiger partial charge in [0, 0.05) is 16.7 Å². The molecule has 1 aromatic carbocycles. The lowest BCUT2D eigenvalue weighted by atomic mass is 10.2. The van der Waals surface area contributed by atoms with Gasteiger partial charge in [-0.05, 0) is 38.1 Å². The van der Waals surface area contributed by atoms with Crippen LogP contribution in [0.4, 0.5) is 0 Å². The van der Waals surface area contributed by atoms with E-state index in [0.29, 0.717) is 10.6 Å². The van der Waals surface area contributed by atoms with Crippen molar-refractivity contribution in [3.05, 3.63) is 40.9 Å². The van der Waals surface area contributed by atoms with E-state index in [0.717, 1.165) is 0 Å². The topological polar surface area (TPSA) is 44.8 Å². The molecule has 0 radical (unpaired) electrons. The molecule has 0 unspecified atom stereocenters. The van der Waals surface area contributed by atoms with Crippen LogP contribution in [0.25, 0.3) is 5.76 Å². The van der Waals surface area contributed by atoms with Crippen LogP contribution in [0.2, 0.25) is 5.02 Å². The Hall–Kier alpha value is -1.24. The summed E-state index contributed by atoms with van der Waals surface area (Å²) < 4.78 is 27.8. The van der Waals surface area contributed by atoms with Crippen LogP contribution in [0, 0.1) is 12.3 Å². The molecule has 1 aromatic rings. The van der Waals surface area contributed by atoms with Crippen LogP contribution in [0.15, 0.2) is 30.3 Å². The average molecular weight is 315 g/mol. The smallest absolute Gasteiger partial charge is 0.403 e. The van der Waals surface area contributed by atoms with Crippen molar-refractivity contribution in [3.8, 4) is 12.3 Å². The van der Waals surface area contributed by atoms with Crippen LogP contribution in [-0.4, -0.2) is 13.2 Å². The standard InChI is InChI=1S/C14H16ClO4P/c1-4-7-14(12-8-10-13(15)11-9-12)19-20(16,17-5-2)18-6-3/h1,7-11H,5-6H2,2-3H3/b14-7-. The van der Waals surface area contributed by atoms with Crippen LogP contribution in [0.1, 0.15) is 19.4 Å². The first-order valence-electron chi connectivity index (χ1n) is 6.05. The Morgan fingerprint density at radius 3 is 2.30 bits per heavy atom. The number of halogens is 1. The van der Waals surface area contributed by atoms with Crippen molar-refractivity contribution in [2.75, 3.05) is 13.2 Å². The van der Waals surface area contributed by atoms with Crippen LogP contribution < -0.4 is 0 Å². The zero-order chi connectivity index (χ0) is 15.0. The number of phosphoric ester groups is 1. The Kier molecular flexibility index (Phi) is 6.84. The normalized spacial score (nSPS) is 12.0. The summed E-state index contributed by atoms with van der Waals surface area (Å²) in [4.78, 5) is 0. The Morgan fingerprint density at radius 2 is 1.85 bits per heavy atom. The molecular weight excluding hydrogens is 299 g/mol. The second-order valence-electron chi connectivity index (χ2n) is 3.56. The zero-order valence-electron chi connectivity index (χ0n) is 11.3. The van der Waals surface area contributed by atoms with Crippen molar-refractivity contribution in [3.63, 3.8) is 0 Å². The van der Waals surface area contributed by atoms with Gasteiger partial charge in [0.25, 0.3) is 0 Å². The molecule has 4 nitrogen and oxygen atoms in total. The van der Waals surface area contributed by atoms with E-state index in [9.17, 15) is 4.57 Å². The van der Waals surface area contributed by atoms with Gasteiger partial charge in [-0.15, -0.1) is 6.42 Å². The van der Waals surface area contributed by atoms with Crippen LogP contribution in [-0.2, 0) is 18.1 Å². The molecule has 0 heterocycles. The molecule has 0 bridgehead atoms. The lowest BCUT2D eigenvalue weighted by molar-refractivity contribution is 0.159. The highest BCUT2D eigenvalue weighted by Gasteiger charge is 2.28. The highest BCUT2D eigenvalue weighted by atomic mass is 35.5. The molecule has 1 rings (SSSR count). The fraction of sp³-hybridized carbons (Fsp3) is 0.286. The SMILES string of the molecule is C#C/C=C(\OP(=O)(OCC)OCC)c1ccc(Cl)cc1. The Bertz CT molecular complexity index is 535. The van der Waals surface area contributed by atoms with Gasteiger partial charge in [-0.2, -0.15) is 0 Å². The maximum absolute atomic E-state index is 12.3. The fourth-order valence-electron chi connectivity index (χ4n) is 1.38. The van der Waals surface area contributed by atoms with Gasteiger partial charge in [0.15, 0.2) is 0 Å². The first-order valence-corrected chi connectivity index (χ1v) is 7.89. The minimum atomic E-state index is -3.68. The molecule has 0 saturated heterocycles. The van der Waals surface area contributed by atoms with Gasteiger partial charge in [0.1, 0.15) is 5.76 Å². The van der Waals surface area contributed by atoms with Crippen LogP contribution in [0.5, 0.6) is 0 Å². The minimum absolute atomic E-state index is 0.196. The van der Waals surface area contributed by atoms with Crippen molar-refractivity contribution in [2.24, 2.45) is 0 Å². The van der Waals surface area contributed by atoms with Gasteiger partial charge in [0.2, 0.25) is 0 Å². The molecule has 0 saturated carbocycles. The number of hydrogen-bond donors (Lipinski definition) is 0. The summed E-state index contributed by atoms with van der Waals surface area (Å²) in [6, 6.07) is 6.76. The molecule has 0 atom stereocenters. The maximum atomic E-state index is 12.3. The molecule has 0 aromatic heterocycles. The van der Waals surface area contributed by atoms with Gasteiger partial charge in [-0.3, -0.25) is 9.05 Å². The van der Waals surface area contributed by atoms with Gasteiger partial charge < -0.3 is 4.52 Å². The van der Waals surface area contributed by atoms with Crippen molar-refractivity contribution >= 4 is 25.2 Å². The molecule has 20 heavy (non-hydrogen) atoms. The lowest BCUT2D eigenvalue weighted by Gasteiger charge is -2.18. The number of terminal acetylenes is 1. The van der Waals surface area contributed by atoms with Crippen molar-refractivity contribution in [1.82, 2.24) is 0 Å². The van der Waals surface area contributed by atoms with E-state index in [2.05, 4.69) is 5.92 Å². The van der Waals surface area contributed by atoms with E-state index in [-0.39, 0.29) is 19.0 Å². The fourth-order valence-corrected chi connectivity index (χ4v) is 2.72. The quantitative estimate of drug-likeness (QED) is 0.422. The summed E-state index contributed by atoms with van der Waals surface area (Å²) in [5.74, 6) is 2.57. The lowest BCUT2D eigenvalue weighted by Crippen LogP contribution is -2.00. The van der Waals surface area contributed by atoms with Gasteiger partial charge >= 0.3 is 7.82 Å². The third-order valence-electron chi connectivity index (χ3n) is 2.13. The van der Waals surface area contributed by atoms with E-state index >= 15 is 0 Å². The van der Waals surface area contributed by atoms with Crippen molar-refractivity contribution in [1.29, 1.82) is 0 Å². The average Bonchev–Trinajstić information content (AvgIpc) is 2.39. The highest BCUT2D eigenvalue weighted by Crippen LogP contribution is 2.52. The zero-order valence-corrected chi connectivity index (χ0v) is 13.0. The maximum Gasteiger partial charge on any atom is 0.530 e. The monoisotopic (exact) mass is 314 g/mol. The first kappa shape index (κ1) is 16.8. The van der Waals surface area contributed by atoms with E-state index in [4.69, 9.17) is 31.6 Å². The van der Waals surface area contributed by atoms with Crippen LogP contribution in [0.3, 0.4) is 0 Å². The summed E-state index contributed by atoms with van der Waals surface area (Å²) in [6.07, 6.45) is 6.61. The predicted molar refractivity (Wildman–Crippen MR) is 80.2 cm³/mol. The Morgan fingerprint density at radius 1 is 1.30 bits per heavy atom. The van der Waals surface area contributed by atoms with E-state index in [1.54, 1.807) is 38.1 Å². The molecule has 0 amide bonds. The third-order valence-corrected chi connectivity index (χ3v) is 3.95. The summed E-state index contributed by atoms with van der Waals surface area (Å²) in [7, 11) is -3.68. The number of hydrogen-bond acceptors (Lipinski definition) is 4. The molecule has 0 fully saturated rings. The van der Waals surface area contributed by atoms with Gasteiger partial charge in [0.05, 0.1) is 13.2 Å². The largest absolute Gasteiger partial charge is 0.530 e. The van der Waals surface area contributed by atoms with Crippen LogP contribution >= 0.6 is 19.4 Å². The molecule has 0 aliphatic rings. The van der Waals surface area contributed by atoms with Gasteiger partial charge in [-0.25, -0.2) is 4.57 Å². The number of phosphoric acid groups is 1. The van der Waals surface area contributed by atoms with Crippen molar-refractivity contribution < 1.29 is 18.1 Å². The number of benzene rings is 1. The molecule has 0 aliphatic heterocycles. The Labute approximate surface area is 124 Å². The summed E-state index contributed by atoms with van der Waals surface area (Å²) in [5.41, 5.74) is 0.631. The highest BCUT2D eigenvalue weighted by molar-refractivity contribution is 7.48. The molecule has 6 heteroatoms. The molecule has 0 spiro atoms. The summed E-state index contributed by atoms with van der Waals surface area (Å²) in [6.45, 7) is 3.78. The summed E-state index contributed by atoms with van der Waals surface area (Å²) in [5, 5.41) is 0.576. The Balaban J connectivity index is 3.04. The molecule has 108 valence electrons. The third kappa shape index (κ3) is 5.03. The van der Waals surface area contributed by atoms with E-state index < -0.39 is 7.82 Å². The number of rotatable bonds is 7.